The number of hydrogen-bond acceptors (Lipinski definition) is 4. The minimum atomic E-state index is -0.138. The molecule has 0 saturated heterocycles. The van der Waals surface area contributed by atoms with Gasteiger partial charge in [-0.15, -0.1) is 0 Å². The summed E-state index contributed by atoms with van der Waals surface area (Å²) in [5.74, 6) is 0.624. The maximum atomic E-state index is 12.8. The van der Waals surface area contributed by atoms with Crippen molar-refractivity contribution in [2.24, 2.45) is 0 Å². The summed E-state index contributed by atoms with van der Waals surface area (Å²) in [5, 5.41) is 15.2. The quantitative estimate of drug-likeness (QED) is 0.739. The Kier molecular flexibility index (Phi) is 3.38. The number of nitrogens with one attached hydrogen (secondary N) is 1. The number of carbonyl (C=O) groups excluding carboxylic acids is 1. The molecule has 0 aliphatic carbocycles. The number of benzene rings is 3. The summed E-state index contributed by atoms with van der Waals surface area (Å²) in [4.78, 5) is 12.8. The van der Waals surface area contributed by atoms with Gasteiger partial charge < -0.3 is 15.2 Å². The molecular weight excluding hydrogens is 302 g/mol. The fourth-order valence-electron chi connectivity index (χ4n) is 3.33. The van der Waals surface area contributed by atoms with E-state index in [4.69, 9.17) is 4.74 Å². The van der Waals surface area contributed by atoms with Crippen LogP contribution < -0.4 is 10.1 Å². The first kappa shape index (κ1) is 14.6. The number of fused-ring (bicyclic) bond motifs is 3. The molecule has 3 aromatic carbocycles. The molecule has 4 nitrogen and oxygen atoms in total. The van der Waals surface area contributed by atoms with Gasteiger partial charge >= 0.3 is 0 Å². The zero-order valence-corrected chi connectivity index (χ0v) is 13.2. The van der Waals surface area contributed by atoms with Gasteiger partial charge in [0.1, 0.15) is 0 Å². The predicted octanol–water partition coefficient (Wildman–Crippen LogP) is 4.29. The van der Waals surface area contributed by atoms with Crippen molar-refractivity contribution in [3.05, 3.63) is 65.7 Å². The maximum absolute atomic E-state index is 12.8. The number of Topliss-reactive ketones (excluding diaryl/α,β-unsaturated/α-hetero) is 1. The highest BCUT2D eigenvalue weighted by molar-refractivity contribution is 6.14. The van der Waals surface area contributed by atoms with Gasteiger partial charge in [-0.3, -0.25) is 4.79 Å². The van der Waals surface area contributed by atoms with Crippen molar-refractivity contribution in [1.29, 1.82) is 0 Å². The molecule has 0 spiro atoms. The first-order valence-electron chi connectivity index (χ1n) is 7.86. The number of anilines is 1. The second-order valence-corrected chi connectivity index (χ2v) is 5.96. The van der Waals surface area contributed by atoms with Crippen molar-refractivity contribution < 1.29 is 14.6 Å². The van der Waals surface area contributed by atoms with Crippen molar-refractivity contribution >= 4 is 22.2 Å². The normalized spacial score (nSPS) is 16.5. The lowest BCUT2D eigenvalue weighted by atomic mass is 9.89. The monoisotopic (exact) mass is 319 g/mol. The molecule has 0 bridgehead atoms. The molecule has 4 rings (SSSR count). The number of hydrogen-bond donors (Lipinski definition) is 2. The third kappa shape index (κ3) is 2.27. The van der Waals surface area contributed by atoms with Gasteiger partial charge in [-0.25, -0.2) is 0 Å². The average molecular weight is 319 g/mol. The van der Waals surface area contributed by atoms with E-state index in [0.717, 1.165) is 27.6 Å². The van der Waals surface area contributed by atoms with Crippen molar-refractivity contribution in [1.82, 2.24) is 0 Å². The summed E-state index contributed by atoms with van der Waals surface area (Å²) in [7, 11) is 1.51. The number of phenols is 1. The number of phenolic OH excluding ortho intramolecular Hbond substituents is 1. The molecule has 1 aliphatic rings. The fraction of sp³-hybridized carbons (Fsp3) is 0.150. The van der Waals surface area contributed by atoms with E-state index in [9.17, 15) is 9.90 Å². The van der Waals surface area contributed by atoms with Crippen LogP contribution in [0.15, 0.2) is 54.6 Å². The first-order valence-corrected chi connectivity index (χ1v) is 7.86. The van der Waals surface area contributed by atoms with Crippen LogP contribution in [-0.4, -0.2) is 18.0 Å². The molecule has 0 unspecified atom stereocenters. The Balaban J connectivity index is 1.77. The molecule has 2 N–H and O–H groups in total. The summed E-state index contributed by atoms with van der Waals surface area (Å²) < 4.78 is 5.17. The van der Waals surface area contributed by atoms with E-state index in [2.05, 4.69) is 5.32 Å². The molecule has 120 valence electrons. The van der Waals surface area contributed by atoms with Crippen molar-refractivity contribution in [3.63, 3.8) is 0 Å². The van der Waals surface area contributed by atoms with Gasteiger partial charge in [0.05, 0.1) is 13.2 Å². The molecule has 0 radical (unpaired) electrons. The van der Waals surface area contributed by atoms with E-state index < -0.39 is 0 Å². The molecule has 0 amide bonds. The lowest BCUT2D eigenvalue weighted by Gasteiger charge is -2.27. The van der Waals surface area contributed by atoms with Crippen LogP contribution in [0.2, 0.25) is 0 Å². The van der Waals surface area contributed by atoms with Crippen LogP contribution in [0.1, 0.15) is 28.4 Å². The standard InChI is InChI=1S/C20H17NO3/c1-24-19-10-13(7-9-17(19)22)16-11-18(23)20-14-5-3-2-4-12(14)6-8-15(20)21-16/h2-10,16,21-22H,11H2,1H3/t16-/m1/s1. The van der Waals surface area contributed by atoms with Crippen LogP contribution >= 0.6 is 0 Å². The Hall–Kier alpha value is -3.01. The van der Waals surface area contributed by atoms with E-state index in [1.807, 2.05) is 42.5 Å². The SMILES string of the molecule is COc1cc([C@H]2CC(=O)c3c(ccc4ccccc34)N2)ccc1O. The highest BCUT2D eigenvalue weighted by Gasteiger charge is 2.27. The molecule has 1 atom stereocenters. The van der Waals surface area contributed by atoms with Crippen molar-refractivity contribution in [3.8, 4) is 11.5 Å². The van der Waals surface area contributed by atoms with Crippen LogP contribution in [0.5, 0.6) is 11.5 Å². The van der Waals surface area contributed by atoms with Crippen LogP contribution in [0.25, 0.3) is 10.8 Å². The maximum Gasteiger partial charge on any atom is 0.167 e. The van der Waals surface area contributed by atoms with Gasteiger partial charge in [-0.05, 0) is 34.5 Å². The molecule has 4 heteroatoms. The van der Waals surface area contributed by atoms with Gasteiger partial charge in [-0.1, -0.05) is 36.4 Å². The Bertz CT molecular complexity index is 949. The Morgan fingerprint density at radius 2 is 1.96 bits per heavy atom. The average Bonchev–Trinajstić information content (AvgIpc) is 2.61. The molecule has 0 fully saturated rings. The topological polar surface area (TPSA) is 58.6 Å². The summed E-state index contributed by atoms with van der Waals surface area (Å²) in [5.41, 5.74) is 2.52. The molecule has 1 aliphatic heterocycles. The number of methoxy groups -OCH3 is 1. The number of aromatic hydroxyl groups is 1. The Labute approximate surface area is 139 Å². The summed E-state index contributed by atoms with van der Waals surface area (Å²) in [6.45, 7) is 0. The number of ether oxygens (including phenoxy) is 1. The number of ketones is 1. The molecule has 24 heavy (non-hydrogen) atoms. The zero-order valence-electron chi connectivity index (χ0n) is 13.2. The van der Waals surface area contributed by atoms with Crippen LogP contribution in [0.4, 0.5) is 5.69 Å². The third-order valence-corrected chi connectivity index (χ3v) is 4.53. The second kappa shape index (κ2) is 5.57. The molecule has 0 saturated carbocycles. The largest absolute Gasteiger partial charge is 0.504 e. The first-order chi connectivity index (χ1) is 11.7. The van der Waals surface area contributed by atoms with Gasteiger partial charge in [-0.2, -0.15) is 0 Å². The van der Waals surface area contributed by atoms with Crippen molar-refractivity contribution in [2.75, 3.05) is 12.4 Å². The van der Waals surface area contributed by atoms with Gasteiger partial charge in [0, 0.05) is 17.7 Å². The molecule has 1 heterocycles. The van der Waals surface area contributed by atoms with Crippen LogP contribution in [-0.2, 0) is 0 Å². The lowest BCUT2D eigenvalue weighted by molar-refractivity contribution is 0.0974. The second-order valence-electron chi connectivity index (χ2n) is 5.96. The Morgan fingerprint density at radius 3 is 2.79 bits per heavy atom. The zero-order chi connectivity index (χ0) is 16.7. The van der Waals surface area contributed by atoms with E-state index in [-0.39, 0.29) is 17.6 Å². The highest BCUT2D eigenvalue weighted by Crippen LogP contribution is 2.38. The summed E-state index contributed by atoms with van der Waals surface area (Å²) >= 11 is 0. The minimum absolute atomic E-state index is 0.0924. The molecular formula is C20H17NO3. The van der Waals surface area contributed by atoms with Crippen molar-refractivity contribution in [2.45, 2.75) is 12.5 Å². The third-order valence-electron chi connectivity index (χ3n) is 4.53. The fourth-order valence-corrected chi connectivity index (χ4v) is 3.33. The van der Waals surface area contributed by atoms with Gasteiger partial charge in [0.25, 0.3) is 0 Å². The molecule has 0 aromatic heterocycles. The minimum Gasteiger partial charge on any atom is -0.504 e. The van der Waals surface area contributed by atoms with E-state index >= 15 is 0 Å². The lowest BCUT2D eigenvalue weighted by Crippen LogP contribution is -2.23. The van der Waals surface area contributed by atoms with Gasteiger partial charge in [0.2, 0.25) is 0 Å². The van der Waals surface area contributed by atoms with E-state index in [0.29, 0.717) is 12.2 Å². The number of carbonyl (C=O) groups is 1. The van der Waals surface area contributed by atoms with E-state index in [1.54, 1.807) is 12.1 Å². The van der Waals surface area contributed by atoms with Crippen LogP contribution in [0.3, 0.4) is 0 Å². The summed E-state index contributed by atoms with van der Waals surface area (Å²) in [6, 6.07) is 16.9. The number of rotatable bonds is 2. The predicted molar refractivity (Wildman–Crippen MR) is 93.9 cm³/mol. The summed E-state index contributed by atoms with van der Waals surface area (Å²) in [6.07, 6.45) is 0.370. The van der Waals surface area contributed by atoms with Crippen LogP contribution in [0, 0.1) is 0 Å². The smallest absolute Gasteiger partial charge is 0.167 e. The Morgan fingerprint density at radius 1 is 1.12 bits per heavy atom. The molecule has 3 aromatic rings. The van der Waals surface area contributed by atoms with Gasteiger partial charge in [0.15, 0.2) is 17.3 Å². The van der Waals surface area contributed by atoms with E-state index in [1.165, 1.54) is 7.11 Å². The highest BCUT2D eigenvalue weighted by atomic mass is 16.5.